The Balaban J connectivity index is 1.96. The third-order valence-electron chi connectivity index (χ3n) is 3.67. The van der Waals surface area contributed by atoms with Gasteiger partial charge in [0.25, 0.3) is 0 Å². The van der Waals surface area contributed by atoms with Crippen LogP contribution in [0, 0.1) is 5.41 Å². The largest absolute Gasteiger partial charge is 0.481 e. The number of nitrogen functional groups attached to an aromatic ring is 1. The number of nitrogens with two attached hydrogens (primary N) is 1. The molecule has 0 aliphatic rings. The highest BCUT2D eigenvalue weighted by Crippen LogP contribution is 2.19. The minimum Gasteiger partial charge on any atom is -0.481 e. The van der Waals surface area contributed by atoms with Gasteiger partial charge < -0.3 is 15.7 Å². The normalized spacial score (nSPS) is 10.4. The van der Waals surface area contributed by atoms with E-state index in [1.54, 1.807) is 12.1 Å². The molecule has 0 saturated carbocycles. The summed E-state index contributed by atoms with van der Waals surface area (Å²) < 4.78 is 0. The molecule has 0 bridgehead atoms. The molecule has 7 heteroatoms. The van der Waals surface area contributed by atoms with Gasteiger partial charge >= 0.3 is 5.97 Å². The lowest BCUT2D eigenvalue weighted by Crippen LogP contribution is -2.20. The van der Waals surface area contributed by atoms with Gasteiger partial charge in [0.05, 0.1) is 5.69 Å². The fourth-order valence-corrected chi connectivity index (χ4v) is 2.24. The zero-order chi connectivity index (χ0) is 17.5. The van der Waals surface area contributed by atoms with Crippen LogP contribution in [0.3, 0.4) is 0 Å². The van der Waals surface area contributed by atoms with E-state index in [0.29, 0.717) is 12.0 Å². The van der Waals surface area contributed by atoms with Crippen LogP contribution in [0.5, 0.6) is 0 Å². The highest BCUT2D eigenvalue weighted by Gasteiger charge is 2.06. The lowest BCUT2D eigenvalue weighted by molar-refractivity contribution is -0.137. The van der Waals surface area contributed by atoms with Gasteiger partial charge in [-0.2, -0.15) is 0 Å². The Bertz CT molecular complexity index is 698. The van der Waals surface area contributed by atoms with Crippen molar-refractivity contribution in [1.82, 2.24) is 10.2 Å². The van der Waals surface area contributed by atoms with Crippen molar-refractivity contribution in [3.05, 3.63) is 42.0 Å². The van der Waals surface area contributed by atoms with E-state index in [9.17, 15) is 4.79 Å². The van der Waals surface area contributed by atoms with E-state index in [2.05, 4.69) is 10.2 Å². The molecule has 0 atom stereocenters. The number of nitrogens with zero attached hydrogens (tertiary/aromatic N) is 3. The van der Waals surface area contributed by atoms with Gasteiger partial charge in [-0.3, -0.25) is 10.2 Å². The van der Waals surface area contributed by atoms with Gasteiger partial charge in [0.2, 0.25) is 0 Å². The first-order valence-electron chi connectivity index (χ1n) is 7.69. The van der Waals surface area contributed by atoms with E-state index >= 15 is 0 Å². The van der Waals surface area contributed by atoms with Crippen LogP contribution in [0.4, 0.5) is 5.82 Å². The maximum Gasteiger partial charge on any atom is 0.303 e. The molecule has 0 saturated heterocycles. The van der Waals surface area contributed by atoms with Gasteiger partial charge in [0, 0.05) is 31.1 Å². The number of unbranched alkanes of at least 4 members (excludes halogenated alkanes) is 1. The maximum atomic E-state index is 10.5. The summed E-state index contributed by atoms with van der Waals surface area (Å²) in [5, 5.41) is 24.5. The second-order valence-electron chi connectivity index (χ2n) is 5.54. The van der Waals surface area contributed by atoms with E-state index in [4.69, 9.17) is 16.2 Å². The Morgan fingerprint density at radius 3 is 2.42 bits per heavy atom. The molecule has 24 heavy (non-hydrogen) atoms. The third-order valence-corrected chi connectivity index (χ3v) is 3.67. The van der Waals surface area contributed by atoms with Crippen molar-refractivity contribution in [2.24, 2.45) is 5.73 Å². The molecule has 0 unspecified atom stereocenters. The van der Waals surface area contributed by atoms with Crippen molar-refractivity contribution in [1.29, 1.82) is 5.41 Å². The van der Waals surface area contributed by atoms with Crippen LogP contribution in [0.25, 0.3) is 11.3 Å². The topological polar surface area (TPSA) is 116 Å². The fourth-order valence-electron chi connectivity index (χ4n) is 2.24. The van der Waals surface area contributed by atoms with Crippen molar-refractivity contribution >= 4 is 17.6 Å². The lowest BCUT2D eigenvalue weighted by Gasteiger charge is -2.17. The molecule has 0 amide bonds. The molecule has 0 aliphatic heterocycles. The summed E-state index contributed by atoms with van der Waals surface area (Å²) in [7, 11) is 1.91. The molecule has 2 aromatic rings. The second-order valence-corrected chi connectivity index (χ2v) is 5.54. The number of anilines is 1. The molecule has 126 valence electrons. The summed E-state index contributed by atoms with van der Waals surface area (Å²) >= 11 is 0. The van der Waals surface area contributed by atoms with Gasteiger partial charge in [0.15, 0.2) is 5.82 Å². The summed E-state index contributed by atoms with van der Waals surface area (Å²) in [5.41, 5.74) is 7.76. The Morgan fingerprint density at radius 1 is 1.17 bits per heavy atom. The fraction of sp³-hybridized carbons (Fsp3) is 0.294. The third kappa shape index (κ3) is 4.77. The van der Waals surface area contributed by atoms with Gasteiger partial charge in [-0.15, -0.1) is 10.2 Å². The number of hydrogen-bond donors (Lipinski definition) is 3. The van der Waals surface area contributed by atoms with Crippen molar-refractivity contribution in [3.63, 3.8) is 0 Å². The molecule has 0 aliphatic carbocycles. The van der Waals surface area contributed by atoms with Crippen LogP contribution in [0.15, 0.2) is 36.4 Å². The number of rotatable bonds is 8. The average Bonchev–Trinajstić information content (AvgIpc) is 2.58. The molecule has 1 aromatic carbocycles. The van der Waals surface area contributed by atoms with Crippen molar-refractivity contribution in [2.75, 3.05) is 18.5 Å². The SMILES string of the molecule is CN(CCCCC(=O)O)c1ccc(-c2ccc(C(=N)N)cc2)nn1. The number of aromatic nitrogens is 2. The summed E-state index contributed by atoms with van der Waals surface area (Å²) in [6.07, 6.45) is 1.63. The average molecular weight is 327 g/mol. The van der Waals surface area contributed by atoms with Gasteiger partial charge in [0.1, 0.15) is 5.84 Å². The highest BCUT2D eigenvalue weighted by atomic mass is 16.4. The van der Waals surface area contributed by atoms with Crippen molar-refractivity contribution < 1.29 is 9.90 Å². The standard InChI is InChI=1S/C17H21N5O2/c1-22(11-3-2-4-16(23)24)15-10-9-14(20-21-15)12-5-7-13(8-6-12)17(18)19/h5-10H,2-4,11H2,1H3,(H3,18,19)(H,23,24). The number of carboxylic acid groups (broad SMARTS) is 1. The van der Waals surface area contributed by atoms with Crippen molar-refractivity contribution in [2.45, 2.75) is 19.3 Å². The van der Waals surface area contributed by atoms with E-state index in [1.165, 1.54) is 0 Å². The summed E-state index contributed by atoms with van der Waals surface area (Å²) in [4.78, 5) is 12.4. The Labute approximate surface area is 140 Å². The first kappa shape index (κ1) is 17.4. The predicted octanol–water partition coefficient (Wildman–Crippen LogP) is 2.12. The van der Waals surface area contributed by atoms with Crippen LogP contribution in [0.2, 0.25) is 0 Å². The number of aliphatic carboxylic acids is 1. The summed E-state index contributed by atoms with van der Waals surface area (Å²) in [6.45, 7) is 0.731. The minimum atomic E-state index is -0.766. The molecule has 4 N–H and O–H groups in total. The van der Waals surface area contributed by atoms with E-state index < -0.39 is 5.97 Å². The van der Waals surface area contributed by atoms with E-state index in [1.807, 2.05) is 36.2 Å². The maximum absolute atomic E-state index is 10.5. The molecule has 1 heterocycles. The zero-order valence-corrected chi connectivity index (χ0v) is 13.6. The minimum absolute atomic E-state index is 0.0347. The molecule has 7 nitrogen and oxygen atoms in total. The van der Waals surface area contributed by atoms with Gasteiger partial charge in [-0.05, 0) is 25.0 Å². The van der Waals surface area contributed by atoms with Crippen LogP contribution in [-0.2, 0) is 4.79 Å². The number of nitrogens with one attached hydrogen (secondary N) is 1. The summed E-state index contributed by atoms with van der Waals surface area (Å²) in [6, 6.07) is 11.0. The molecule has 0 spiro atoms. The van der Waals surface area contributed by atoms with Gasteiger partial charge in [-0.1, -0.05) is 24.3 Å². The van der Waals surface area contributed by atoms with Gasteiger partial charge in [-0.25, -0.2) is 0 Å². The van der Waals surface area contributed by atoms with E-state index in [-0.39, 0.29) is 12.3 Å². The molecular weight excluding hydrogens is 306 g/mol. The number of carboxylic acids is 1. The first-order chi connectivity index (χ1) is 11.5. The monoisotopic (exact) mass is 327 g/mol. The quantitative estimate of drug-likeness (QED) is 0.388. The smallest absolute Gasteiger partial charge is 0.303 e. The number of hydrogen-bond acceptors (Lipinski definition) is 5. The Morgan fingerprint density at radius 2 is 1.88 bits per heavy atom. The van der Waals surface area contributed by atoms with Crippen molar-refractivity contribution in [3.8, 4) is 11.3 Å². The van der Waals surface area contributed by atoms with Crippen LogP contribution < -0.4 is 10.6 Å². The number of benzene rings is 1. The molecule has 0 radical (unpaired) electrons. The highest BCUT2D eigenvalue weighted by molar-refractivity contribution is 5.95. The zero-order valence-electron chi connectivity index (χ0n) is 13.6. The Kier molecular flexibility index (Phi) is 5.83. The first-order valence-corrected chi connectivity index (χ1v) is 7.69. The van der Waals surface area contributed by atoms with E-state index in [0.717, 1.165) is 30.0 Å². The number of carbonyl (C=O) groups is 1. The van der Waals surface area contributed by atoms with Crippen LogP contribution >= 0.6 is 0 Å². The predicted molar refractivity (Wildman–Crippen MR) is 93.2 cm³/mol. The summed E-state index contributed by atoms with van der Waals surface area (Å²) in [5.74, 6) is 0.0134. The lowest BCUT2D eigenvalue weighted by atomic mass is 10.1. The molecule has 1 aromatic heterocycles. The Hall–Kier alpha value is -2.96. The second kappa shape index (κ2) is 8.05. The van der Waals surface area contributed by atoms with Crippen LogP contribution in [0.1, 0.15) is 24.8 Å². The molecule has 2 rings (SSSR count). The number of amidine groups is 1. The molecule has 0 fully saturated rings. The molecular formula is C17H21N5O2. The van der Waals surface area contributed by atoms with Crippen LogP contribution in [-0.4, -0.2) is 40.7 Å².